The molecule has 1 aromatic rings. The molecular formula is C16H22N4O3S. The van der Waals surface area contributed by atoms with Crippen LogP contribution in [-0.4, -0.2) is 59.9 Å². The molecule has 7 nitrogen and oxygen atoms in total. The average Bonchev–Trinajstić information content (AvgIpc) is 3.08. The molecule has 0 aromatic carbocycles. The number of rotatable bonds is 5. The first-order valence-corrected chi connectivity index (χ1v) is 7.99. The molecule has 1 amide bonds. The Hall–Kier alpha value is -2.35. The molecule has 2 rings (SSSR count). The first kappa shape index (κ1) is 18.0. The lowest BCUT2D eigenvalue weighted by molar-refractivity contribution is 0.0488. The van der Waals surface area contributed by atoms with Gasteiger partial charge in [0, 0.05) is 25.7 Å². The summed E-state index contributed by atoms with van der Waals surface area (Å²) in [6.45, 7) is 7.59. The fourth-order valence-electron chi connectivity index (χ4n) is 2.35. The number of nitrogens with one attached hydrogen (secondary N) is 1. The molecule has 0 unspecified atom stereocenters. The number of amides is 1. The number of hydrogen-bond donors (Lipinski definition) is 1. The van der Waals surface area contributed by atoms with Gasteiger partial charge in [0.2, 0.25) is 11.8 Å². The van der Waals surface area contributed by atoms with Crippen molar-refractivity contribution in [3.05, 3.63) is 29.8 Å². The Balaban J connectivity index is 2.18. The number of hydrazine groups is 1. The highest BCUT2D eigenvalue weighted by Gasteiger charge is 2.31. The SMILES string of the molecule is C=C(C)CNC(=S)N1CCCN1C(=O)c1ccc(OC)nc1OC. The summed E-state index contributed by atoms with van der Waals surface area (Å²) in [5, 5.41) is 6.99. The first-order chi connectivity index (χ1) is 11.5. The summed E-state index contributed by atoms with van der Waals surface area (Å²) < 4.78 is 10.3. The van der Waals surface area contributed by atoms with Crippen LogP contribution in [0.2, 0.25) is 0 Å². The maximum Gasteiger partial charge on any atom is 0.277 e. The van der Waals surface area contributed by atoms with Crippen molar-refractivity contribution in [1.82, 2.24) is 20.3 Å². The van der Waals surface area contributed by atoms with Gasteiger partial charge in [-0.2, -0.15) is 4.98 Å². The van der Waals surface area contributed by atoms with E-state index in [0.29, 0.717) is 36.2 Å². The summed E-state index contributed by atoms with van der Waals surface area (Å²) in [5.74, 6) is 0.409. The van der Waals surface area contributed by atoms with Gasteiger partial charge in [0.25, 0.3) is 5.91 Å². The van der Waals surface area contributed by atoms with Gasteiger partial charge >= 0.3 is 0 Å². The van der Waals surface area contributed by atoms with E-state index in [0.717, 1.165) is 12.0 Å². The zero-order valence-electron chi connectivity index (χ0n) is 14.2. The number of carbonyl (C=O) groups excluding carboxylic acids is 1. The Labute approximate surface area is 147 Å². The van der Waals surface area contributed by atoms with Gasteiger partial charge in [0.05, 0.1) is 14.2 Å². The maximum atomic E-state index is 12.9. The molecule has 1 aromatic heterocycles. The molecule has 130 valence electrons. The molecule has 24 heavy (non-hydrogen) atoms. The van der Waals surface area contributed by atoms with Gasteiger partial charge in [-0.05, 0) is 31.6 Å². The van der Waals surface area contributed by atoms with Crippen LogP contribution >= 0.6 is 12.2 Å². The molecule has 0 aliphatic carbocycles. The molecule has 1 fully saturated rings. The molecule has 0 saturated carbocycles. The number of hydrogen-bond acceptors (Lipinski definition) is 5. The summed E-state index contributed by atoms with van der Waals surface area (Å²) in [6.07, 6.45) is 0.840. The smallest absolute Gasteiger partial charge is 0.277 e. The van der Waals surface area contributed by atoms with Crippen LogP contribution in [0.15, 0.2) is 24.3 Å². The van der Waals surface area contributed by atoms with Crippen LogP contribution in [0.4, 0.5) is 0 Å². The highest BCUT2D eigenvalue weighted by Crippen LogP contribution is 2.23. The van der Waals surface area contributed by atoms with Gasteiger partial charge in [-0.3, -0.25) is 9.80 Å². The van der Waals surface area contributed by atoms with E-state index < -0.39 is 0 Å². The zero-order valence-corrected chi connectivity index (χ0v) is 15.0. The van der Waals surface area contributed by atoms with Crippen molar-refractivity contribution in [2.75, 3.05) is 33.9 Å². The molecular weight excluding hydrogens is 328 g/mol. The van der Waals surface area contributed by atoms with Crippen molar-refractivity contribution >= 4 is 23.2 Å². The lowest BCUT2D eigenvalue weighted by Crippen LogP contribution is -2.49. The third kappa shape index (κ3) is 3.94. The van der Waals surface area contributed by atoms with E-state index in [1.165, 1.54) is 14.2 Å². The highest BCUT2D eigenvalue weighted by atomic mass is 32.1. The van der Waals surface area contributed by atoms with Crippen LogP contribution in [0.3, 0.4) is 0 Å². The van der Waals surface area contributed by atoms with Crippen molar-refractivity contribution in [2.45, 2.75) is 13.3 Å². The van der Waals surface area contributed by atoms with Crippen molar-refractivity contribution in [3.63, 3.8) is 0 Å². The van der Waals surface area contributed by atoms with E-state index in [1.807, 2.05) is 6.92 Å². The number of carbonyl (C=O) groups is 1. The Bertz CT molecular complexity index is 650. The number of aromatic nitrogens is 1. The Morgan fingerprint density at radius 1 is 1.33 bits per heavy atom. The van der Waals surface area contributed by atoms with Crippen LogP contribution in [0.5, 0.6) is 11.8 Å². The molecule has 0 radical (unpaired) electrons. The third-order valence-corrected chi connectivity index (χ3v) is 3.86. The van der Waals surface area contributed by atoms with Gasteiger partial charge in [0.1, 0.15) is 5.56 Å². The third-order valence-electron chi connectivity index (χ3n) is 3.51. The summed E-state index contributed by atoms with van der Waals surface area (Å²) in [4.78, 5) is 17.1. The van der Waals surface area contributed by atoms with Crippen LogP contribution in [0, 0.1) is 0 Å². The Kier molecular flexibility index (Phi) is 5.97. The van der Waals surface area contributed by atoms with Crippen molar-refractivity contribution in [1.29, 1.82) is 0 Å². The number of methoxy groups -OCH3 is 2. The van der Waals surface area contributed by atoms with Crippen molar-refractivity contribution in [2.24, 2.45) is 0 Å². The fourth-order valence-corrected chi connectivity index (χ4v) is 2.61. The van der Waals surface area contributed by atoms with E-state index in [2.05, 4.69) is 16.9 Å². The minimum Gasteiger partial charge on any atom is -0.481 e. The molecule has 1 N–H and O–H groups in total. The van der Waals surface area contributed by atoms with Crippen LogP contribution < -0.4 is 14.8 Å². The Morgan fingerprint density at radius 2 is 2.04 bits per heavy atom. The molecule has 1 saturated heterocycles. The second-order valence-electron chi connectivity index (χ2n) is 5.43. The number of pyridine rings is 1. The molecule has 8 heteroatoms. The van der Waals surface area contributed by atoms with Crippen molar-refractivity contribution in [3.8, 4) is 11.8 Å². The standard InChI is InChI=1S/C16H22N4O3S/c1-11(2)10-17-16(24)20-9-5-8-19(20)15(21)12-6-7-13(22-3)18-14(12)23-4/h6-7H,1,5,8-10H2,2-4H3,(H,17,24). The second-order valence-corrected chi connectivity index (χ2v) is 5.82. The first-order valence-electron chi connectivity index (χ1n) is 7.58. The largest absolute Gasteiger partial charge is 0.481 e. The van der Waals surface area contributed by atoms with E-state index in [-0.39, 0.29) is 11.8 Å². The van der Waals surface area contributed by atoms with Crippen LogP contribution in [0.1, 0.15) is 23.7 Å². The van der Waals surface area contributed by atoms with E-state index >= 15 is 0 Å². The predicted molar refractivity (Wildman–Crippen MR) is 95.1 cm³/mol. The number of ether oxygens (including phenoxy) is 2. The van der Waals surface area contributed by atoms with Gasteiger partial charge < -0.3 is 14.8 Å². The molecule has 0 spiro atoms. The van der Waals surface area contributed by atoms with Crippen LogP contribution in [0.25, 0.3) is 0 Å². The van der Waals surface area contributed by atoms with E-state index in [1.54, 1.807) is 22.2 Å². The van der Waals surface area contributed by atoms with Gasteiger partial charge in [-0.25, -0.2) is 5.01 Å². The lowest BCUT2D eigenvalue weighted by atomic mass is 10.2. The fraction of sp³-hybridized carbons (Fsp3) is 0.438. The zero-order chi connectivity index (χ0) is 17.7. The van der Waals surface area contributed by atoms with Gasteiger partial charge in [-0.15, -0.1) is 0 Å². The summed E-state index contributed by atoms with van der Waals surface area (Å²) >= 11 is 5.39. The van der Waals surface area contributed by atoms with E-state index in [9.17, 15) is 4.79 Å². The summed E-state index contributed by atoms with van der Waals surface area (Å²) in [7, 11) is 2.98. The molecule has 1 aliphatic heterocycles. The quantitative estimate of drug-likeness (QED) is 0.639. The topological polar surface area (TPSA) is 66.9 Å². The highest BCUT2D eigenvalue weighted by molar-refractivity contribution is 7.80. The van der Waals surface area contributed by atoms with Crippen molar-refractivity contribution < 1.29 is 14.3 Å². The molecule has 2 heterocycles. The number of thiocarbonyl (C=S) groups is 1. The minimum absolute atomic E-state index is 0.209. The van der Waals surface area contributed by atoms with Gasteiger partial charge in [-0.1, -0.05) is 12.2 Å². The Morgan fingerprint density at radius 3 is 2.67 bits per heavy atom. The maximum absolute atomic E-state index is 12.9. The monoisotopic (exact) mass is 350 g/mol. The second kappa shape index (κ2) is 7.96. The number of nitrogens with zero attached hydrogens (tertiary/aromatic N) is 3. The predicted octanol–water partition coefficient (Wildman–Crippen LogP) is 1.61. The molecule has 0 bridgehead atoms. The van der Waals surface area contributed by atoms with Crippen LogP contribution in [-0.2, 0) is 0 Å². The summed E-state index contributed by atoms with van der Waals surface area (Å²) in [5.41, 5.74) is 1.34. The summed E-state index contributed by atoms with van der Waals surface area (Å²) in [6, 6.07) is 3.28. The van der Waals surface area contributed by atoms with Gasteiger partial charge in [0.15, 0.2) is 5.11 Å². The molecule has 0 atom stereocenters. The normalized spacial score (nSPS) is 13.6. The van der Waals surface area contributed by atoms with E-state index in [4.69, 9.17) is 21.7 Å². The lowest BCUT2D eigenvalue weighted by Gasteiger charge is -2.30. The average molecular weight is 350 g/mol. The minimum atomic E-state index is -0.209. The molecule has 1 aliphatic rings.